The van der Waals surface area contributed by atoms with Gasteiger partial charge in [-0.1, -0.05) is 17.7 Å². The van der Waals surface area contributed by atoms with Crippen molar-refractivity contribution in [2.45, 2.75) is 24.3 Å². The van der Waals surface area contributed by atoms with Crippen molar-refractivity contribution in [3.8, 4) is 0 Å². The number of halogens is 2. The van der Waals surface area contributed by atoms with Gasteiger partial charge in [0.15, 0.2) is 0 Å². The smallest absolute Gasteiger partial charge is 0.321 e. The summed E-state index contributed by atoms with van der Waals surface area (Å²) in [4.78, 5) is 10.9. The minimum atomic E-state index is -1.64. The highest BCUT2D eigenvalue weighted by molar-refractivity contribution is 7.86. The Morgan fingerprint density at radius 2 is 2.12 bits per heavy atom. The SMILES string of the molecule is CC(C)(C(=O)O)S(=O)Cc1ccc(Cl)c(F)c1. The van der Waals surface area contributed by atoms with Crippen LogP contribution in [0.4, 0.5) is 4.39 Å². The van der Waals surface area contributed by atoms with Gasteiger partial charge >= 0.3 is 5.97 Å². The maximum absolute atomic E-state index is 13.1. The summed E-state index contributed by atoms with van der Waals surface area (Å²) in [5.41, 5.74) is 0.458. The van der Waals surface area contributed by atoms with Gasteiger partial charge in [0.25, 0.3) is 0 Å². The summed E-state index contributed by atoms with van der Waals surface area (Å²) in [6.45, 7) is 2.75. The molecule has 0 amide bonds. The number of hydrogen-bond donors (Lipinski definition) is 1. The van der Waals surface area contributed by atoms with Crippen LogP contribution in [-0.2, 0) is 21.3 Å². The van der Waals surface area contributed by atoms with E-state index >= 15 is 0 Å². The molecule has 1 unspecified atom stereocenters. The van der Waals surface area contributed by atoms with Crippen LogP contribution < -0.4 is 0 Å². The van der Waals surface area contributed by atoms with Crippen LogP contribution in [0.5, 0.6) is 0 Å². The van der Waals surface area contributed by atoms with Gasteiger partial charge in [-0.15, -0.1) is 0 Å². The normalized spacial score (nSPS) is 13.4. The van der Waals surface area contributed by atoms with Crippen LogP contribution in [0, 0.1) is 5.82 Å². The molecule has 0 aliphatic carbocycles. The molecule has 0 fully saturated rings. The minimum Gasteiger partial charge on any atom is -0.480 e. The third-order valence-electron chi connectivity index (χ3n) is 2.37. The molecule has 0 heterocycles. The van der Waals surface area contributed by atoms with E-state index in [0.717, 1.165) is 6.07 Å². The third-order valence-corrected chi connectivity index (χ3v) is 4.58. The van der Waals surface area contributed by atoms with E-state index in [0.29, 0.717) is 5.56 Å². The van der Waals surface area contributed by atoms with Crippen LogP contribution in [-0.4, -0.2) is 20.0 Å². The molecule has 6 heteroatoms. The Morgan fingerprint density at radius 3 is 2.59 bits per heavy atom. The lowest BCUT2D eigenvalue weighted by atomic mass is 10.2. The minimum absolute atomic E-state index is 0.0166. The van der Waals surface area contributed by atoms with Gasteiger partial charge in [-0.25, -0.2) is 4.39 Å². The lowest BCUT2D eigenvalue weighted by Gasteiger charge is -2.18. The molecule has 17 heavy (non-hydrogen) atoms. The highest BCUT2D eigenvalue weighted by atomic mass is 35.5. The van der Waals surface area contributed by atoms with Crippen molar-refractivity contribution in [1.29, 1.82) is 0 Å². The first-order valence-corrected chi connectivity index (χ1v) is 6.50. The average molecular weight is 279 g/mol. The molecule has 0 saturated carbocycles. The summed E-state index contributed by atoms with van der Waals surface area (Å²) >= 11 is 5.51. The fourth-order valence-corrected chi connectivity index (χ4v) is 2.21. The van der Waals surface area contributed by atoms with Gasteiger partial charge in [-0.3, -0.25) is 9.00 Å². The Labute approximate surface area is 106 Å². The molecule has 0 aromatic heterocycles. The Kier molecular flexibility index (Phi) is 4.27. The van der Waals surface area contributed by atoms with E-state index in [1.54, 1.807) is 0 Å². The van der Waals surface area contributed by atoms with Crippen molar-refractivity contribution in [3.05, 3.63) is 34.6 Å². The van der Waals surface area contributed by atoms with Crippen LogP contribution in [0.15, 0.2) is 18.2 Å². The fraction of sp³-hybridized carbons (Fsp3) is 0.364. The van der Waals surface area contributed by atoms with E-state index in [2.05, 4.69) is 0 Å². The molecule has 1 N–H and O–H groups in total. The summed E-state index contributed by atoms with van der Waals surface area (Å²) in [7, 11) is -1.64. The van der Waals surface area contributed by atoms with E-state index in [-0.39, 0.29) is 10.8 Å². The zero-order valence-corrected chi connectivity index (χ0v) is 10.9. The lowest BCUT2D eigenvalue weighted by Crippen LogP contribution is -2.37. The van der Waals surface area contributed by atoms with Gasteiger partial charge in [0.2, 0.25) is 0 Å². The second kappa shape index (κ2) is 5.14. The van der Waals surface area contributed by atoms with Gasteiger partial charge < -0.3 is 5.11 Å². The van der Waals surface area contributed by atoms with Gasteiger partial charge in [0.05, 0.1) is 5.02 Å². The highest BCUT2D eigenvalue weighted by Crippen LogP contribution is 2.21. The van der Waals surface area contributed by atoms with E-state index < -0.39 is 27.3 Å². The fourth-order valence-electron chi connectivity index (χ4n) is 1.06. The largest absolute Gasteiger partial charge is 0.480 e. The monoisotopic (exact) mass is 278 g/mol. The molecule has 0 aliphatic rings. The van der Waals surface area contributed by atoms with Gasteiger partial charge in [-0.2, -0.15) is 0 Å². The standard InChI is InChI=1S/C11H12ClFO3S/c1-11(2,10(14)15)17(16)6-7-3-4-8(12)9(13)5-7/h3-5H,6H2,1-2H3,(H,14,15). The predicted octanol–water partition coefficient (Wildman–Crippen LogP) is 2.59. The molecule has 0 spiro atoms. The van der Waals surface area contributed by atoms with Crippen LogP contribution in [0.3, 0.4) is 0 Å². The highest BCUT2D eigenvalue weighted by Gasteiger charge is 2.34. The van der Waals surface area contributed by atoms with Crippen LogP contribution in [0.2, 0.25) is 5.02 Å². The molecule has 0 saturated heterocycles. The maximum atomic E-state index is 13.1. The molecular formula is C11H12ClFO3S. The number of carboxylic acids is 1. The molecule has 1 aromatic rings. The lowest BCUT2D eigenvalue weighted by molar-refractivity contribution is -0.139. The Hall–Kier alpha value is -0.940. The van der Waals surface area contributed by atoms with Crippen LogP contribution in [0.1, 0.15) is 19.4 Å². The third kappa shape index (κ3) is 3.26. The second-order valence-corrected chi connectivity index (χ2v) is 6.46. The summed E-state index contributed by atoms with van der Waals surface area (Å²) in [5.74, 6) is -1.77. The van der Waals surface area contributed by atoms with E-state index in [4.69, 9.17) is 16.7 Å². The molecule has 0 bridgehead atoms. The van der Waals surface area contributed by atoms with Crippen molar-refractivity contribution in [2.75, 3.05) is 0 Å². The van der Waals surface area contributed by atoms with E-state index in [9.17, 15) is 13.4 Å². The number of rotatable bonds is 4. The molecule has 0 radical (unpaired) electrons. The molecular weight excluding hydrogens is 267 g/mol. The Balaban J connectivity index is 2.89. The van der Waals surface area contributed by atoms with Crippen LogP contribution in [0.25, 0.3) is 0 Å². The number of carboxylic acid groups (broad SMARTS) is 1. The maximum Gasteiger partial charge on any atom is 0.321 e. The summed E-state index contributed by atoms with van der Waals surface area (Å²) in [5, 5.41) is 8.88. The van der Waals surface area contributed by atoms with Gasteiger partial charge in [0.1, 0.15) is 10.6 Å². The average Bonchev–Trinajstić information content (AvgIpc) is 2.23. The molecule has 1 rings (SSSR count). The van der Waals surface area contributed by atoms with Crippen LogP contribution >= 0.6 is 11.6 Å². The van der Waals surface area contributed by atoms with Crippen molar-refractivity contribution in [1.82, 2.24) is 0 Å². The summed E-state index contributed by atoms with van der Waals surface area (Å²) in [6, 6.07) is 4.05. The first-order valence-electron chi connectivity index (χ1n) is 4.81. The quantitative estimate of drug-likeness (QED) is 0.921. The first-order chi connectivity index (χ1) is 7.75. The second-order valence-electron chi connectivity index (χ2n) is 4.05. The van der Waals surface area contributed by atoms with Crippen molar-refractivity contribution >= 4 is 28.4 Å². The number of aliphatic carboxylic acids is 1. The number of hydrogen-bond acceptors (Lipinski definition) is 2. The Bertz CT molecular complexity index is 474. The van der Waals surface area contributed by atoms with Gasteiger partial charge in [-0.05, 0) is 31.5 Å². The van der Waals surface area contributed by atoms with Gasteiger partial charge in [0, 0.05) is 16.6 Å². The summed E-state index contributed by atoms with van der Waals surface area (Å²) < 4.78 is 23.6. The topological polar surface area (TPSA) is 54.4 Å². The molecule has 0 aliphatic heterocycles. The zero-order chi connectivity index (χ0) is 13.2. The molecule has 3 nitrogen and oxygen atoms in total. The summed E-state index contributed by atoms with van der Waals surface area (Å²) in [6.07, 6.45) is 0. The first kappa shape index (κ1) is 14.1. The number of carbonyl (C=O) groups is 1. The zero-order valence-electron chi connectivity index (χ0n) is 9.37. The van der Waals surface area contributed by atoms with E-state index in [1.165, 1.54) is 26.0 Å². The van der Waals surface area contributed by atoms with Crippen molar-refractivity contribution in [3.63, 3.8) is 0 Å². The van der Waals surface area contributed by atoms with E-state index in [1.807, 2.05) is 0 Å². The molecule has 94 valence electrons. The molecule has 1 atom stereocenters. The Morgan fingerprint density at radius 1 is 1.53 bits per heavy atom. The predicted molar refractivity (Wildman–Crippen MR) is 65.0 cm³/mol. The van der Waals surface area contributed by atoms with Crippen molar-refractivity contribution in [2.24, 2.45) is 0 Å². The molecule has 1 aromatic carbocycles. The number of benzene rings is 1. The van der Waals surface area contributed by atoms with Crippen molar-refractivity contribution < 1.29 is 18.5 Å².